The van der Waals surface area contributed by atoms with E-state index >= 15 is 0 Å². The number of rotatable bonds is 8. The fourth-order valence-electron chi connectivity index (χ4n) is 3.04. The minimum absolute atomic E-state index is 0.0143. The van der Waals surface area contributed by atoms with Crippen molar-refractivity contribution in [2.75, 3.05) is 0 Å². The Kier molecular flexibility index (Phi) is 8.51. The summed E-state index contributed by atoms with van der Waals surface area (Å²) in [6.07, 6.45) is 2.93. The highest BCUT2D eigenvalue weighted by molar-refractivity contribution is 6.74. The second-order valence-corrected chi connectivity index (χ2v) is 31.0. The van der Waals surface area contributed by atoms with Crippen LogP contribution in [0.2, 0.25) is 77.1 Å². The molecule has 0 spiro atoms. The van der Waals surface area contributed by atoms with Crippen LogP contribution < -0.4 is 0 Å². The lowest BCUT2D eigenvalue weighted by Crippen LogP contribution is -2.52. The van der Waals surface area contributed by atoms with E-state index in [-0.39, 0.29) is 23.4 Å². The minimum Gasteiger partial charge on any atom is -0.545 e. The van der Waals surface area contributed by atoms with Crippen molar-refractivity contribution in [1.29, 1.82) is 0 Å². The van der Waals surface area contributed by atoms with Gasteiger partial charge in [-0.3, -0.25) is 0 Å². The molecule has 0 heterocycles. The molecule has 1 aliphatic carbocycles. The Morgan fingerprint density at radius 1 is 0.724 bits per heavy atom. The van der Waals surface area contributed by atoms with Crippen LogP contribution >= 0.6 is 0 Å². The Bertz CT molecular complexity index is 577. The van der Waals surface area contributed by atoms with Gasteiger partial charge in [-0.1, -0.05) is 20.8 Å². The fourth-order valence-corrected chi connectivity index (χ4v) is 7.37. The maximum atomic E-state index is 6.80. The molecule has 172 valence electrons. The van der Waals surface area contributed by atoms with Gasteiger partial charge in [-0.05, 0) is 83.1 Å². The zero-order chi connectivity index (χ0) is 23.1. The minimum atomic E-state index is -1.90. The SMILES string of the molecule is CC(C)(C)[Si](C)(C)O[C@H]1C=C(O[Si](C)(C)C)[C@H](O[Si](C)(C)C)[C@H](O[Si](C)(C)C)C1. The summed E-state index contributed by atoms with van der Waals surface area (Å²) in [5, 5.41) is 0.168. The average molecular weight is 477 g/mol. The first kappa shape index (κ1) is 27.3. The summed E-state index contributed by atoms with van der Waals surface area (Å²) >= 11 is 0. The number of hydrogen-bond donors (Lipinski definition) is 0. The molecular weight excluding hydrogens is 429 g/mol. The second kappa shape index (κ2) is 9.03. The zero-order valence-electron chi connectivity index (χ0n) is 21.6. The van der Waals surface area contributed by atoms with Crippen LogP contribution in [0, 0.1) is 0 Å². The molecule has 0 saturated carbocycles. The van der Waals surface area contributed by atoms with Gasteiger partial charge in [0.25, 0.3) is 0 Å². The summed E-state index contributed by atoms with van der Waals surface area (Å²) < 4.78 is 26.7. The standard InChI is InChI=1S/C21H48O4Si4/c1-21(2,3)29(13,14)22-17-15-18(23-26(4,5)6)20(25-28(10,11)12)19(16-17)24-27(7,8)9/h15,17,19-20H,16H2,1-14H3/t17-,19+,20-/m0/s1. The first-order chi connectivity index (χ1) is 12.6. The van der Waals surface area contributed by atoms with Crippen LogP contribution in [0.25, 0.3) is 0 Å². The van der Waals surface area contributed by atoms with Crippen LogP contribution in [0.15, 0.2) is 11.8 Å². The van der Waals surface area contributed by atoms with Crippen molar-refractivity contribution in [3.63, 3.8) is 0 Å². The van der Waals surface area contributed by atoms with Crippen molar-refractivity contribution in [1.82, 2.24) is 0 Å². The van der Waals surface area contributed by atoms with Gasteiger partial charge in [0.2, 0.25) is 8.32 Å². The van der Waals surface area contributed by atoms with E-state index in [0.29, 0.717) is 0 Å². The van der Waals surface area contributed by atoms with E-state index in [1.54, 1.807) is 0 Å². The van der Waals surface area contributed by atoms with Crippen molar-refractivity contribution in [2.24, 2.45) is 0 Å². The Labute approximate surface area is 185 Å². The second-order valence-electron chi connectivity index (χ2n) is 12.9. The van der Waals surface area contributed by atoms with E-state index in [1.165, 1.54) is 0 Å². The molecule has 4 nitrogen and oxygen atoms in total. The first-order valence-electron chi connectivity index (χ1n) is 11.0. The topological polar surface area (TPSA) is 36.9 Å². The molecule has 0 aromatic carbocycles. The van der Waals surface area contributed by atoms with Crippen molar-refractivity contribution < 1.29 is 17.7 Å². The van der Waals surface area contributed by atoms with E-state index in [2.05, 4.69) is 98.9 Å². The van der Waals surface area contributed by atoms with Crippen LogP contribution in [0.4, 0.5) is 0 Å². The van der Waals surface area contributed by atoms with Crippen molar-refractivity contribution in [3.8, 4) is 0 Å². The molecule has 0 fully saturated rings. The molecule has 29 heavy (non-hydrogen) atoms. The quantitative estimate of drug-likeness (QED) is 0.355. The molecule has 1 rings (SSSR count). The Morgan fingerprint density at radius 3 is 1.59 bits per heavy atom. The van der Waals surface area contributed by atoms with E-state index in [0.717, 1.165) is 12.2 Å². The Balaban J connectivity index is 3.35. The number of hydrogen-bond acceptors (Lipinski definition) is 4. The van der Waals surface area contributed by atoms with Gasteiger partial charge in [-0.15, -0.1) is 0 Å². The first-order valence-corrected chi connectivity index (χ1v) is 24.2. The molecule has 1 aliphatic rings. The third kappa shape index (κ3) is 9.53. The van der Waals surface area contributed by atoms with E-state index in [9.17, 15) is 0 Å². The normalized spacial score (nSPS) is 25.0. The third-order valence-electron chi connectivity index (χ3n) is 5.09. The lowest BCUT2D eigenvalue weighted by atomic mass is 9.98. The van der Waals surface area contributed by atoms with Gasteiger partial charge in [0.15, 0.2) is 25.0 Å². The van der Waals surface area contributed by atoms with Crippen molar-refractivity contribution in [2.45, 2.75) is 123 Å². The molecule has 0 bridgehead atoms. The smallest absolute Gasteiger partial charge is 0.241 e. The molecule has 0 aromatic heterocycles. The Morgan fingerprint density at radius 2 is 1.21 bits per heavy atom. The van der Waals surface area contributed by atoms with E-state index in [1.807, 2.05) is 0 Å². The molecule has 0 saturated heterocycles. The van der Waals surface area contributed by atoms with Gasteiger partial charge in [0.05, 0.1) is 12.2 Å². The van der Waals surface area contributed by atoms with Gasteiger partial charge in [-0.2, -0.15) is 0 Å². The predicted molar refractivity (Wildman–Crippen MR) is 136 cm³/mol. The lowest BCUT2D eigenvalue weighted by Gasteiger charge is -2.45. The molecule has 8 heteroatoms. The van der Waals surface area contributed by atoms with Gasteiger partial charge in [-0.25, -0.2) is 0 Å². The van der Waals surface area contributed by atoms with Crippen LogP contribution in [0.3, 0.4) is 0 Å². The van der Waals surface area contributed by atoms with Crippen LogP contribution in [-0.4, -0.2) is 51.6 Å². The summed E-state index contributed by atoms with van der Waals surface area (Å²) in [5.41, 5.74) is 0. The van der Waals surface area contributed by atoms with Crippen LogP contribution in [0.5, 0.6) is 0 Å². The summed E-state index contributed by atoms with van der Waals surface area (Å²) in [7, 11) is -7.23. The van der Waals surface area contributed by atoms with Crippen LogP contribution in [0.1, 0.15) is 27.2 Å². The van der Waals surface area contributed by atoms with Gasteiger partial charge in [0.1, 0.15) is 11.9 Å². The highest BCUT2D eigenvalue weighted by atomic mass is 28.4. The van der Waals surface area contributed by atoms with Crippen molar-refractivity contribution >= 4 is 33.3 Å². The fraction of sp³-hybridized carbons (Fsp3) is 0.905. The van der Waals surface area contributed by atoms with Gasteiger partial charge >= 0.3 is 0 Å². The summed E-state index contributed by atoms with van der Waals surface area (Å²) in [6, 6.07) is 0. The van der Waals surface area contributed by atoms with Gasteiger partial charge in [0, 0.05) is 6.42 Å². The maximum Gasteiger partial charge on any atom is 0.241 e. The Hall–Kier alpha value is 0.288. The molecule has 0 amide bonds. The molecule has 0 radical (unpaired) electrons. The highest BCUT2D eigenvalue weighted by Gasteiger charge is 2.45. The van der Waals surface area contributed by atoms with E-state index < -0.39 is 33.3 Å². The largest absolute Gasteiger partial charge is 0.545 e. The van der Waals surface area contributed by atoms with Crippen LogP contribution in [-0.2, 0) is 17.7 Å². The zero-order valence-corrected chi connectivity index (χ0v) is 25.6. The lowest BCUT2D eigenvalue weighted by molar-refractivity contribution is 0.00534. The van der Waals surface area contributed by atoms with Crippen molar-refractivity contribution in [3.05, 3.63) is 11.8 Å². The molecule has 0 unspecified atom stereocenters. The molecule has 0 aliphatic heterocycles. The van der Waals surface area contributed by atoms with Gasteiger partial charge < -0.3 is 17.7 Å². The highest BCUT2D eigenvalue weighted by Crippen LogP contribution is 2.40. The van der Waals surface area contributed by atoms with E-state index in [4.69, 9.17) is 17.7 Å². The summed E-state index contributed by atoms with van der Waals surface area (Å²) in [6.45, 7) is 31.7. The maximum absolute atomic E-state index is 6.80. The molecule has 0 aromatic rings. The molecule has 0 N–H and O–H groups in total. The monoisotopic (exact) mass is 476 g/mol. The predicted octanol–water partition coefficient (Wildman–Crippen LogP) is 6.96. The summed E-state index contributed by atoms with van der Waals surface area (Å²) in [5.74, 6) is 0.949. The average Bonchev–Trinajstić information content (AvgIpc) is 2.36. The molecular formula is C21H48O4Si4. The molecule has 3 atom stereocenters. The summed E-state index contributed by atoms with van der Waals surface area (Å²) in [4.78, 5) is 0. The third-order valence-corrected chi connectivity index (χ3v) is 12.4.